The molecule has 2 atom stereocenters. The molecule has 1 saturated carbocycles. The van der Waals surface area contributed by atoms with Gasteiger partial charge in [0.1, 0.15) is 0 Å². The van der Waals surface area contributed by atoms with Crippen LogP contribution in [0.25, 0.3) is 0 Å². The average Bonchev–Trinajstić information content (AvgIpc) is 3.17. The number of sulfone groups is 1. The summed E-state index contributed by atoms with van der Waals surface area (Å²) in [4.78, 5) is 27.2. The lowest BCUT2D eigenvalue weighted by molar-refractivity contribution is -0.158. The SMILES string of the molecule is C[C@H]1CN(C(=O)COC(=O)C2(S(=O)(=O)c3ccc(Br)cc3)CCCC2)C[C@H](C)O1. The second-order valence-corrected chi connectivity index (χ2v) is 11.0. The van der Waals surface area contributed by atoms with Crippen molar-refractivity contribution in [3.63, 3.8) is 0 Å². The molecule has 1 aromatic rings. The summed E-state index contributed by atoms with van der Waals surface area (Å²) in [5.74, 6) is -1.17. The van der Waals surface area contributed by atoms with Gasteiger partial charge in [-0.3, -0.25) is 9.59 Å². The van der Waals surface area contributed by atoms with Crippen LogP contribution < -0.4 is 0 Å². The van der Waals surface area contributed by atoms with Crippen LogP contribution in [-0.4, -0.2) is 61.8 Å². The molecule has 2 fully saturated rings. The molecule has 1 aliphatic carbocycles. The zero-order valence-corrected chi connectivity index (χ0v) is 19.0. The lowest BCUT2D eigenvalue weighted by Gasteiger charge is -2.35. The minimum atomic E-state index is -3.95. The van der Waals surface area contributed by atoms with Gasteiger partial charge in [-0.25, -0.2) is 8.42 Å². The monoisotopic (exact) mass is 487 g/mol. The van der Waals surface area contributed by atoms with E-state index >= 15 is 0 Å². The zero-order valence-electron chi connectivity index (χ0n) is 16.6. The van der Waals surface area contributed by atoms with E-state index in [1.54, 1.807) is 17.0 Å². The summed E-state index contributed by atoms with van der Waals surface area (Å²) < 4.78 is 36.6. The largest absolute Gasteiger partial charge is 0.454 e. The smallest absolute Gasteiger partial charge is 0.328 e. The Kier molecular flexibility index (Phi) is 6.70. The molecule has 3 rings (SSSR count). The molecular weight excluding hydrogens is 462 g/mol. The fraction of sp³-hybridized carbons (Fsp3) is 0.600. The minimum absolute atomic E-state index is 0.0849. The van der Waals surface area contributed by atoms with Crippen LogP contribution in [-0.2, 0) is 28.9 Å². The molecule has 0 bridgehead atoms. The van der Waals surface area contributed by atoms with E-state index in [9.17, 15) is 18.0 Å². The van der Waals surface area contributed by atoms with Gasteiger partial charge in [0.15, 0.2) is 21.2 Å². The molecular formula is C20H26BrNO6S. The Balaban J connectivity index is 1.74. The van der Waals surface area contributed by atoms with Crippen LogP contribution in [0, 0.1) is 0 Å². The Morgan fingerprint density at radius 2 is 1.69 bits per heavy atom. The lowest BCUT2D eigenvalue weighted by atomic mass is 10.1. The van der Waals surface area contributed by atoms with Crippen LogP contribution in [0.3, 0.4) is 0 Å². The van der Waals surface area contributed by atoms with Crippen molar-refractivity contribution in [2.45, 2.75) is 61.4 Å². The first-order valence-corrected chi connectivity index (χ1v) is 12.0. The number of esters is 1. The van der Waals surface area contributed by atoms with Gasteiger partial charge in [-0.15, -0.1) is 0 Å². The van der Waals surface area contributed by atoms with Crippen LogP contribution in [0.5, 0.6) is 0 Å². The van der Waals surface area contributed by atoms with Crippen molar-refractivity contribution in [1.82, 2.24) is 4.90 Å². The second kappa shape index (κ2) is 8.73. The molecule has 160 valence electrons. The summed E-state index contributed by atoms with van der Waals surface area (Å²) in [6.45, 7) is 4.13. The summed E-state index contributed by atoms with van der Waals surface area (Å²) in [6, 6.07) is 6.22. The predicted molar refractivity (Wildman–Crippen MR) is 110 cm³/mol. The summed E-state index contributed by atoms with van der Waals surface area (Å²) in [5.41, 5.74) is 0. The molecule has 1 amide bonds. The standard InChI is InChI=1S/C20H26BrNO6S/c1-14-11-22(12-15(2)28-14)18(23)13-27-19(24)20(9-3-4-10-20)29(25,26)17-7-5-16(21)6-8-17/h5-8,14-15H,3-4,9-13H2,1-2H3/t14-,15-/m0/s1. The van der Waals surface area contributed by atoms with Crippen molar-refractivity contribution in [2.24, 2.45) is 0 Å². The maximum atomic E-state index is 13.3. The van der Waals surface area contributed by atoms with E-state index in [1.807, 2.05) is 13.8 Å². The Bertz CT molecular complexity index is 853. The Morgan fingerprint density at radius 3 is 2.24 bits per heavy atom. The first-order chi connectivity index (χ1) is 13.7. The van der Waals surface area contributed by atoms with E-state index in [4.69, 9.17) is 9.47 Å². The fourth-order valence-corrected chi connectivity index (χ4v) is 6.41. The molecule has 7 nitrogen and oxygen atoms in total. The summed E-state index contributed by atoms with van der Waals surface area (Å²) in [5, 5.41) is 0. The number of carbonyl (C=O) groups is 2. The van der Waals surface area contributed by atoms with Gasteiger partial charge in [-0.05, 0) is 51.0 Å². The number of hydrogen-bond acceptors (Lipinski definition) is 6. The van der Waals surface area contributed by atoms with Gasteiger partial charge in [0.25, 0.3) is 5.91 Å². The summed E-state index contributed by atoms with van der Waals surface area (Å²) >= 11 is 3.29. The number of amides is 1. The molecule has 1 aliphatic heterocycles. The highest BCUT2D eigenvalue weighted by atomic mass is 79.9. The molecule has 0 radical (unpaired) electrons. The Hall–Kier alpha value is -1.45. The van der Waals surface area contributed by atoms with E-state index in [1.165, 1.54) is 12.1 Å². The molecule has 2 aliphatic rings. The number of hydrogen-bond donors (Lipinski definition) is 0. The number of morpholine rings is 1. The van der Waals surface area contributed by atoms with Gasteiger partial charge in [-0.1, -0.05) is 28.8 Å². The van der Waals surface area contributed by atoms with Crippen LogP contribution >= 0.6 is 15.9 Å². The van der Waals surface area contributed by atoms with Crippen LogP contribution in [0.4, 0.5) is 0 Å². The van der Waals surface area contributed by atoms with Gasteiger partial charge >= 0.3 is 5.97 Å². The third-order valence-electron chi connectivity index (χ3n) is 5.52. The number of nitrogens with zero attached hydrogens (tertiary/aromatic N) is 1. The normalized spacial score (nSPS) is 24.3. The molecule has 1 saturated heterocycles. The highest BCUT2D eigenvalue weighted by Gasteiger charge is 2.54. The maximum Gasteiger partial charge on any atom is 0.328 e. The lowest BCUT2D eigenvalue weighted by Crippen LogP contribution is -2.50. The van der Waals surface area contributed by atoms with Gasteiger partial charge in [0.05, 0.1) is 17.1 Å². The highest BCUT2D eigenvalue weighted by molar-refractivity contribution is 9.10. The van der Waals surface area contributed by atoms with E-state index in [0.29, 0.717) is 25.9 Å². The van der Waals surface area contributed by atoms with E-state index in [0.717, 1.165) is 4.47 Å². The first-order valence-electron chi connectivity index (χ1n) is 9.76. The number of rotatable bonds is 5. The molecule has 0 unspecified atom stereocenters. The Morgan fingerprint density at radius 1 is 1.14 bits per heavy atom. The topological polar surface area (TPSA) is 90.0 Å². The molecule has 29 heavy (non-hydrogen) atoms. The van der Waals surface area contributed by atoms with Crippen LogP contribution in [0.1, 0.15) is 39.5 Å². The van der Waals surface area contributed by atoms with Gasteiger partial charge in [0.2, 0.25) is 0 Å². The van der Waals surface area contributed by atoms with Crippen molar-refractivity contribution >= 4 is 37.6 Å². The molecule has 0 aromatic heterocycles. The fourth-order valence-electron chi connectivity index (χ4n) is 4.10. The highest BCUT2D eigenvalue weighted by Crippen LogP contribution is 2.41. The van der Waals surface area contributed by atoms with Crippen molar-refractivity contribution in [2.75, 3.05) is 19.7 Å². The minimum Gasteiger partial charge on any atom is -0.454 e. The number of benzene rings is 1. The van der Waals surface area contributed by atoms with E-state index in [2.05, 4.69) is 15.9 Å². The molecule has 0 spiro atoms. The van der Waals surface area contributed by atoms with Crippen molar-refractivity contribution in [3.05, 3.63) is 28.7 Å². The quantitative estimate of drug-likeness (QED) is 0.593. The molecule has 9 heteroatoms. The Labute approximate surface area is 179 Å². The first kappa shape index (κ1) is 22.2. The van der Waals surface area contributed by atoms with E-state index in [-0.39, 0.29) is 35.9 Å². The van der Waals surface area contributed by atoms with Crippen LogP contribution in [0.15, 0.2) is 33.6 Å². The number of ether oxygens (including phenoxy) is 2. The van der Waals surface area contributed by atoms with Gasteiger partial charge < -0.3 is 14.4 Å². The molecule has 1 aromatic carbocycles. The zero-order chi connectivity index (χ0) is 21.2. The summed E-state index contributed by atoms with van der Waals surface area (Å²) in [6.07, 6.45) is 1.44. The number of halogens is 1. The van der Waals surface area contributed by atoms with Crippen molar-refractivity contribution in [3.8, 4) is 0 Å². The van der Waals surface area contributed by atoms with Gasteiger partial charge in [0, 0.05) is 17.6 Å². The van der Waals surface area contributed by atoms with Crippen LogP contribution in [0.2, 0.25) is 0 Å². The van der Waals surface area contributed by atoms with E-state index < -0.39 is 27.2 Å². The third-order valence-corrected chi connectivity index (χ3v) is 8.55. The van der Waals surface area contributed by atoms with Gasteiger partial charge in [-0.2, -0.15) is 0 Å². The average molecular weight is 488 g/mol. The van der Waals surface area contributed by atoms with Crippen molar-refractivity contribution in [1.29, 1.82) is 0 Å². The molecule has 0 N–H and O–H groups in total. The predicted octanol–water partition coefficient (Wildman–Crippen LogP) is 2.71. The number of carbonyl (C=O) groups excluding carboxylic acids is 2. The second-order valence-electron chi connectivity index (χ2n) is 7.79. The maximum absolute atomic E-state index is 13.3. The summed E-state index contributed by atoms with van der Waals surface area (Å²) in [7, 11) is -3.95. The van der Waals surface area contributed by atoms with Crippen molar-refractivity contribution < 1.29 is 27.5 Å². The third kappa shape index (κ3) is 4.51. The molecule has 1 heterocycles.